The third-order valence-electron chi connectivity index (χ3n) is 2.74. The summed E-state index contributed by atoms with van der Waals surface area (Å²) in [5.41, 5.74) is 1.85. The van der Waals surface area contributed by atoms with Crippen LogP contribution in [0, 0.1) is 20.8 Å². The maximum atomic E-state index is 12.2. The average molecular weight is 331 g/mol. The SMILES string of the molecule is Cc1nc(C)c(C(=O)Nc2nnc(CC(F)(F)F)s2)nc1C. The molecule has 0 bridgehead atoms. The molecule has 10 heteroatoms. The molecule has 0 atom stereocenters. The molecule has 0 radical (unpaired) electrons. The molecule has 2 aromatic rings. The van der Waals surface area contributed by atoms with Crippen molar-refractivity contribution in [1.29, 1.82) is 0 Å². The first-order chi connectivity index (χ1) is 10.2. The summed E-state index contributed by atoms with van der Waals surface area (Å²) in [5, 5.41) is 9.08. The highest BCUT2D eigenvalue weighted by atomic mass is 32.1. The van der Waals surface area contributed by atoms with Crippen LogP contribution in [-0.2, 0) is 6.42 Å². The minimum Gasteiger partial charge on any atom is -0.295 e. The van der Waals surface area contributed by atoms with E-state index < -0.39 is 18.5 Å². The number of alkyl halides is 3. The van der Waals surface area contributed by atoms with Crippen molar-refractivity contribution in [3.05, 3.63) is 27.8 Å². The van der Waals surface area contributed by atoms with E-state index in [1.165, 1.54) is 0 Å². The number of aromatic nitrogens is 4. The van der Waals surface area contributed by atoms with Gasteiger partial charge >= 0.3 is 6.18 Å². The summed E-state index contributed by atoms with van der Waals surface area (Å²) in [4.78, 5) is 20.4. The summed E-state index contributed by atoms with van der Waals surface area (Å²) in [7, 11) is 0. The van der Waals surface area contributed by atoms with E-state index in [1.54, 1.807) is 20.8 Å². The van der Waals surface area contributed by atoms with Gasteiger partial charge in [-0.15, -0.1) is 10.2 Å². The summed E-state index contributed by atoms with van der Waals surface area (Å²) in [6.45, 7) is 5.11. The van der Waals surface area contributed by atoms with Crippen molar-refractivity contribution in [2.75, 3.05) is 5.32 Å². The number of anilines is 1. The molecule has 2 rings (SSSR count). The largest absolute Gasteiger partial charge is 0.395 e. The highest BCUT2D eigenvalue weighted by Gasteiger charge is 2.30. The van der Waals surface area contributed by atoms with Crippen LogP contribution in [0.3, 0.4) is 0 Å². The van der Waals surface area contributed by atoms with Gasteiger partial charge in [0.15, 0.2) is 0 Å². The van der Waals surface area contributed by atoms with Gasteiger partial charge in [-0.3, -0.25) is 15.1 Å². The Labute approximate surface area is 127 Å². The van der Waals surface area contributed by atoms with Crippen LogP contribution in [0.2, 0.25) is 0 Å². The van der Waals surface area contributed by atoms with Crippen molar-refractivity contribution in [2.45, 2.75) is 33.4 Å². The number of amides is 1. The van der Waals surface area contributed by atoms with Crippen LogP contribution in [0.25, 0.3) is 0 Å². The van der Waals surface area contributed by atoms with Crippen LogP contribution in [0.1, 0.15) is 32.6 Å². The molecule has 0 fully saturated rings. The van der Waals surface area contributed by atoms with Crippen LogP contribution >= 0.6 is 11.3 Å². The molecule has 0 saturated carbocycles. The van der Waals surface area contributed by atoms with Gasteiger partial charge in [-0.25, -0.2) is 4.98 Å². The van der Waals surface area contributed by atoms with Gasteiger partial charge in [-0.05, 0) is 20.8 Å². The fourth-order valence-corrected chi connectivity index (χ4v) is 2.40. The lowest BCUT2D eigenvalue weighted by molar-refractivity contribution is -0.127. The molecule has 0 unspecified atom stereocenters. The number of nitrogens with zero attached hydrogens (tertiary/aromatic N) is 4. The Morgan fingerprint density at radius 2 is 1.73 bits per heavy atom. The number of aryl methyl sites for hydroxylation is 3. The van der Waals surface area contributed by atoms with Gasteiger partial charge in [-0.2, -0.15) is 13.2 Å². The van der Waals surface area contributed by atoms with Crippen molar-refractivity contribution in [3.8, 4) is 0 Å². The topological polar surface area (TPSA) is 80.7 Å². The van der Waals surface area contributed by atoms with Crippen molar-refractivity contribution in [1.82, 2.24) is 20.2 Å². The summed E-state index contributed by atoms with van der Waals surface area (Å²) >= 11 is 0.674. The van der Waals surface area contributed by atoms with Gasteiger partial charge in [0.2, 0.25) is 5.13 Å². The van der Waals surface area contributed by atoms with E-state index >= 15 is 0 Å². The number of rotatable bonds is 3. The first kappa shape index (κ1) is 16.3. The molecule has 0 aliphatic heterocycles. The number of carbonyl (C=O) groups excluding carboxylic acids is 1. The van der Waals surface area contributed by atoms with Crippen molar-refractivity contribution in [2.24, 2.45) is 0 Å². The molecule has 22 heavy (non-hydrogen) atoms. The molecular weight excluding hydrogens is 319 g/mol. The Kier molecular flexibility index (Phi) is 4.40. The Morgan fingerprint density at radius 3 is 2.36 bits per heavy atom. The van der Waals surface area contributed by atoms with Crippen molar-refractivity contribution >= 4 is 22.4 Å². The average Bonchev–Trinajstić information content (AvgIpc) is 2.78. The van der Waals surface area contributed by atoms with E-state index in [4.69, 9.17) is 0 Å². The monoisotopic (exact) mass is 331 g/mol. The molecule has 0 saturated heterocycles. The molecule has 1 N–H and O–H groups in total. The lowest BCUT2D eigenvalue weighted by Crippen LogP contribution is -2.17. The number of hydrogen-bond donors (Lipinski definition) is 1. The van der Waals surface area contributed by atoms with Gasteiger partial charge in [0.05, 0.1) is 23.5 Å². The Hall–Kier alpha value is -2.10. The highest BCUT2D eigenvalue weighted by Crippen LogP contribution is 2.25. The molecule has 6 nitrogen and oxygen atoms in total. The molecule has 1 amide bonds. The van der Waals surface area contributed by atoms with Gasteiger partial charge in [-0.1, -0.05) is 11.3 Å². The number of halogens is 3. The van der Waals surface area contributed by atoms with Gasteiger partial charge < -0.3 is 0 Å². The standard InChI is InChI=1S/C12H12F3N5OS/c1-5-6(2)17-9(7(3)16-5)10(21)18-11-20-19-8(22-11)4-12(13,14)15/h4H2,1-3H3,(H,18,20,21). The normalized spacial score (nSPS) is 11.5. The zero-order valence-electron chi connectivity index (χ0n) is 11.9. The molecular formula is C12H12F3N5OS. The summed E-state index contributed by atoms with van der Waals surface area (Å²) in [5.74, 6) is -0.581. The van der Waals surface area contributed by atoms with Crippen molar-refractivity contribution in [3.63, 3.8) is 0 Å². The number of carbonyl (C=O) groups is 1. The van der Waals surface area contributed by atoms with E-state index in [-0.39, 0.29) is 15.8 Å². The predicted octanol–water partition coefficient (Wildman–Crippen LogP) is 2.61. The second kappa shape index (κ2) is 5.95. The van der Waals surface area contributed by atoms with E-state index in [0.717, 1.165) is 0 Å². The lowest BCUT2D eigenvalue weighted by atomic mass is 10.2. The minimum atomic E-state index is -4.36. The van der Waals surface area contributed by atoms with Crippen LogP contribution in [0.15, 0.2) is 0 Å². The molecule has 0 aromatic carbocycles. The third kappa shape index (κ3) is 3.97. The van der Waals surface area contributed by atoms with E-state index in [9.17, 15) is 18.0 Å². The molecule has 0 aliphatic carbocycles. The first-order valence-corrected chi connectivity index (χ1v) is 6.99. The molecule has 2 aromatic heterocycles. The summed E-state index contributed by atoms with van der Waals surface area (Å²) in [6, 6.07) is 0. The van der Waals surface area contributed by atoms with Gasteiger partial charge in [0, 0.05) is 0 Å². The zero-order chi connectivity index (χ0) is 16.5. The highest BCUT2D eigenvalue weighted by molar-refractivity contribution is 7.15. The molecule has 0 aliphatic rings. The maximum absolute atomic E-state index is 12.2. The maximum Gasteiger partial charge on any atom is 0.395 e. The fourth-order valence-electron chi connectivity index (χ4n) is 1.63. The molecule has 0 spiro atoms. The second-order valence-corrected chi connectivity index (χ2v) is 5.64. The smallest absolute Gasteiger partial charge is 0.295 e. The number of nitrogens with one attached hydrogen (secondary N) is 1. The fraction of sp³-hybridized carbons (Fsp3) is 0.417. The van der Waals surface area contributed by atoms with Crippen LogP contribution in [0.5, 0.6) is 0 Å². The van der Waals surface area contributed by atoms with Crippen LogP contribution in [-0.4, -0.2) is 32.2 Å². The Balaban J connectivity index is 2.14. The number of hydrogen-bond acceptors (Lipinski definition) is 6. The first-order valence-electron chi connectivity index (χ1n) is 6.18. The molecule has 118 valence electrons. The summed E-state index contributed by atoms with van der Waals surface area (Å²) < 4.78 is 36.7. The lowest BCUT2D eigenvalue weighted by Gasteiger charge is -2.06. The summed E-state index contributed by atoms with van der Waals surface area (Å²) in [6.07, 6.45) is -5.54. The Bertz CT molecular complexity index is 713. The second-order valence-electron chi connectivity index (χ2n) is 4.58. The third-order valence-corrected chi connectivity index (χ3v) is 3.57. The quantitative estimate of drug-likeness (QED) is 0.935. The van der Waals surface area contributed by atoms with Gasteiger partial charge in [0.25, 0.3) is 5.91 Å². The van der Waals surface area contributed by atoms with E-state index in [1.807, 2.05) is 0 Å². The van der Waals surface area contributed by atoms with Gasteiger partial charge in [0.1, 0.15) is 10.7 Å². The van der Waals surface area contributed by atoms with E-state index in [0.29, 0.717) is 28.4 Å². The minimum absolute atomic E-state index is 0.0105. The van der Waals surface area contributed by atoms with Crippen molar-refractivity contribution < 1.29 is 18.0 Å². The Morgan fingerprint density at radius 1 is 1.09 bits per heavy atom. The van der Waals surface area contributed by atoms with E-state index in [2.05, 4.69) is 25.5 Å². The van der Waals surface area contributed by atoms with Crippen LogP contribution in [0.4, 0.5) is 18.3 Å². The molecule has 2 heterocycles. The van der Waals surface area contributed by atoms with Crippen LogP contribution < -0.4 is 5.32 Å². The zero-order valence-corrected chi connectivity index (χ0v) is 12.8. The predicted molar refractivity (Wildman–Crippen MR) is 73.9 cm³/mol.